The molecule has 0 aliphatic carbocycles. The van der Waals surface area contributed by atoms with Crippen molar-refractivity contribution in [1.82, 2.24) is 20.4 Å². The van der Waals surface area contributed by atoms with Gasteiger partial charge in [-0.3, -0.25) is 19.6 Å². The molecule has 1 aromatic rings. The Bertz CT molecular complexity index is 542. The molecular formula is C12H17N5O4. The lowest BCUT2D eigenvalue weighted by atomic mass is 10.1. The third-order valence-electron chi connectivity index (χ3n) is 2.96. The molecule has 3 N–H and O–H groups in total. The molecule has 1 aliphatic rings. The van der Waals surface area contributed by atoms with Gasteiger partial charge in [0.05, 0.1) is 25.0 Å². The first-order valence-corrected chi connectivity index (χ1v) is 6.51. The minimum Gasteiger partial charge on any atom is -0.383 e. The molecule has 4 amide bonds. The summed E-state index contributed by atoms with van der Waals surface area (Å²) in [5, 5.41) is 11.3. The predicted octanol–water partition coefficient (Wildman–Crippen LogP) is -0.544. The number of amides is 4. The number of ether oxygens (including phenoxy) is 1. The van der Waals surface area contributed by atoms with Crippen molar-refractivity contribution in [3.63, 3.8) is 0 Å². The van der Waals surface area contributed by atoms with E-state index in [2.05, 4.69) is 21.0 Å². The number of nitrogens with zero attached hydrogens (tertiary/aromatic N) is 2. The van der Waals surface area contributed by atoms with Gasteiger partial charge in [0.1, 0.15) is 6.04 Å². The van der Waals surface area contributed by atoms with Gasteiger partial charge in [0.2, 0.25) is 5.91 Å². The summed E-state index contributed by atoms with van der Waals surface area (Å²) in [7, 11) is 1.60. The Hall–Kier alpha value is -2.42. The largest absolute Gasteiger partial charge is 0.383 e. The van der Waals surface area contributed by atoms with Crippen LogP contribution in [0.1, 0.15) is 12.8 Å². The van der Waals surface area contributed by atoms with Crippen molar-refractivity contribution in [2.24, 2.45) is 0 Å². The zero-order valence-corrected chi connectivity index (χ0v) is 11.6. The molecule has 9 heteroatoms. The Morgan fingerprint density at radius 2 is 2.33 bits per heavy atom. The molecule has 2 rings (SSSR count). The van der Waals surface area contributed by atoms with Gasteiger partial charge in [-0.25, -0.2) is 4.79 Å². The fourth-order valence-electron chi connectivity index (χ4n) is 1.90. The number of anilines is 1. The number of rotatable bonds is 7. The summed E-state index contributed by atoms with van der Waals surface area (Å²) in [5.74, 6) is -0.643. The van der Waals surface area contributed by atoms with E-state index in [0.717, 1.165) is 0 Å². The SMILES string of the molecule is COCCn1cc(NC(=O)CCC2NC(=O)NC2=O)cn1. The van der Waals surface area contributed by atoms with Crippen molar-refractivity contribution in [1.29, 1.82) is 0 Å². The Labute approximate surface area is 121 Å². The molecule has 21 heavy (non-hydrogen) atoms. The van der Waals surface area contributed by atoms with Crippen molar-refractivity contribution in [3.05, 3.63) is 12.4 Å². The molecule has 0 aromatic carbocycles. The average molecular weight is 295 g/mol. The summed E-state index contributed by atoms with van der Waals surface area (Å²) < 4.78 is 6.59. The van der Waals surface area contributed by atoms with E-state index in [1.54, 1.807) is 18.0 Å². The fourth-order valence-corrected chi connectivity index (χ4v) is 1.90. The van der Waals surface area contributed by atoms with Crippen molar-refractivity contribution >= 4 is 23.5 Å². The number of urea groups is 1. The maximum atomic E-state index is 11.8. The maximum absolute atomic E-state index is 11.8. The third-order valence-corrected chi connectivity index (χ3v) is 2.96. The first-order chi connectivity index (χ1) is 10.1. The smallest absolute Gasteiger partial charge is 0.322 e. The number of aromatic nitrogens is 2. The van der Waals surface area contributed by atoms with Crippen LogP contribution in [0.25, 0.3) is 0 Å². The molecule has 1 atom stereocenters. The molecular weight excluding hydrogens is 278 g/mol. The highest BCUT2D eigenvalue weighted by atomic mass is 16.5. The van der Waals surface area contributed by atoms with Crippen molar-refractivity contribution in [2.45, 2.75) is 25.4 Å². The Morgan fingerprint density at radius 3 is 3.00 bits per heavy atom. The summed E-state index contributed by atoms with van der Waals surface area (Å²) >= 11 is 0. The topological polar surface area (TPSA) is 114 Å². The van der Waals surface area contributed by atoms with E-state index < -0.39 is 18.0 Å². The van der Waals surface area contributed by atoms with Crippen LogP contribution in [0.15, 0.2) is 12.4 Å². The van der Waals surface area contributed by atoms with Gasteiger partial charge >= 0.3 is 6.03 Å². The highest BCUT2D eigenvalue weighted by Gasteiger charge is 2.29. The number of carbonyl (C=O) groups excluding carboxylic acids is 3. The highest BCUT2D eigenvalue weighted by Crippen LogP contribution is 2.08. The fraction of sp³-hybridized carbons (Fsp3) is 0.500. The number of hydrogen-bond acceptors (Lipinski definition) is 5. The predicted molar refractivity (Wildman–Crippen MR) is 72.4 cm³/mol. The van der Waals surface area contributed by atoms with E-state index in [9.17, 15) is 14.4 Å². The van der Waals surface area contributed by atoms with Crippen LogP contribution in [0.4, 0.5) is 10.5 Å². The minimum absolute atomic E-state index is 0.127. The molecule has 0 spiro atoms. The zero-order valence-electron chi connectivity index (χ0n) is 11.6. The minimum atomic E-state index is -0.646. The lowest BCUT2D eigenvalue weighted by Gasteiger charge is -2.06. The molecule has 0 bridgehead atoms. The first-order valence-electron chi connectivity index (χ1n) is 6.51. The van der Waals surface area contributed by atoms with E-state index in [0.29, 0.717) is 18.8 Å². The van der Waals surface area contributed by atoms with Gasteiger partial charge in [-0.1, -0.05) is 0 Å². The van der Waals surface area contributed by atoms with Crippen molar-refractivity contribution < 1.29 is 19.1 Å². The first kappa shape index (κ1) is 15.0. The van der Waals surface area contributed by atoms with Gasteiger partial charge in [0, 0.05) is 19.7 Å². The quantitative estimate of drug-likeness (QED) is 0.584. The second kappa shape index (κ2) is 6.84. The van der Waals surface area contributed by atoms with Crippen LogP contribution in [0, 0.1) is 0 Å². The van der Waals surface area contributed by atoms with Gasteiger partial charge in [0.15, 0.2) is 0 Å². The lowest BCUT2D eigenvalue weighted by Crippen LogP contribution is -2.30. The van der Waals surface area contributed by atoms with Crippen LogP contribution >= 0.6 is 0 Å². The molecule has 2 heterocycles. The van der Waals surface area contributed by atoms with Crippen LogP contribution in [-0.4, -0.2) is 47.4 Å². The summed E-state index contributed by atoms with van der Waals surface area (Å²) in [6.45, 7) is 1.13. The lowest BCUT2D eigenvalue weighted by molar-refractivity contribution is -0.120. The molecule has 1 fully saturated rings. The molecule has 1 saturated heterocycles. The molecule has 1 aromatic heterocycles. The summed E-state index contributed by atoms with van der Waals surface area (Å²) in [4.78, 5) is 34.0. The summed E-state index contributed by atoms with van der Waals surface area (Å²) in [5.41, 5.74) is 0.580. The maximum Gasteiger partial charge on any atom is 0.322 e. The van der Waals surface area contributed by atoms with E-state index in [4.69, 9.17) is 4.74 Å². The second-order valence-corrected chi connectivity index (χ2v) is 4.59. The van der Waals surface area contributed by atoms with Gasteiger partial charge in [-0.15, -0.1) is 0 Å². The molecule has 0 saturated carbocycles. The molecule has 1 unspecified atom stereocenters. The van der Waals surface area contributed by atoms with Crippen LogP contribution in [0.3, 0.4) is 0 Å². The van der Waals surface area contributed by atoms with Crippen molar-refractivity contribution in [2.75, 3.05) is 19.0 Å². The van der Waals surface area contributed by atoms with E-state index in [-0.39, 0.29) is 18.7 Å². The van der Waals surface area contributed by atoms with Crippen LogP contribution in [0.2, 0.25) is 0 Å². The van der Waals surface area contributed by atoms with Crippen molar-refractivity contribution in [3.8, 4) is 0 Å². The van der Waals surface area contributed by atoms with Crippen LogP contribution in [0.5, 0.6) is 0 Å². The Morgan fingerprint density at radius 1 is 1.52 bits per heavy atom. The Kier molecular flexibility index (Phi) is 4.88. The Balaban J connectivity index is 1.75. The number of hydrogen-bond donors (Lipinski definition) is 3. The zero-order chi connectivity index (χ0) is 15.2. The second-order valence-electron chi connectivity index (χ2n) is 4.59. The number of nitrogens with one attached hydrogen (secondary N) is 3. The van der Waals surface area contributed by atoms with Crippen LogP contribution in [-0.2, 0) is 20.9 Å². The normalized spacial score (nSPS) is 17.5. The molecule has 1 aliphatic heterocycles. The van der Waals surface area contributed by atoms with Gasteiger partial charge in [-0.05, 0) is 6.42 Å². The molecule has 9 nitrogen and oxygen atoms in total. The van der Waals surface area contributed by atoms with E-state index in [1.807, 2.05) is 0 Å². The third kappa shape index (κ3) is 4.28. The molecule has 114 valence electrons. The monoisotopic (exact) mass is 295 g/mol. The van der Waals surface area contributed by atoms with E-state index >= 15 is 0 Å². The summed E-state index contributed by atoms with van der Waals surface area (Å²) in [6, 6.07) is -1.17. The van der Waals surface area contributed by atoms with Gasteiger partial charge in [0.25, 0.3) is 5.91 Å². The van der Waals surface area contributed by atoms with Gasteiger partial charge < -0.3 is 15.4 Å². The van der Waals surface area contributed by atoms with Gasteiger partial charge in [-0.2, -0.15) is 5.10 Å². The number of methoxy groups -OCH3 is 1. The van der Waals surface area contributed by atoms with E-state index in [1.165, 1.54) is 6.20 Å². The summed E-state index contributed by atoms with van der Waals surface area (Å²) in [6.07, 6.45) is 3.61. The molecule has 0 radical (unpaired) electrons. The number of carbonyl (C=O) groups is 3. The highest BCUT2D eigenvalue weighted by molar-refractivity contribution is 6.04. The average Bonchev–Trinajstić information content (AvgIpc) is 3.00. The standard InChI is InChI=1S/C12H17N5O4/c1-21-5-4-17-7-8(6-13-17)14-10(18)3-2-9-11(19)16-12(20)15-9/h6-7,9H,2-5H2,1H3,(H,14,18)(H2,15,16,19,20). The van der Waals surface area contributed by atoms with Crippen LogP contribution < -0.4 is 16.0 Å². The number of imide groups is 1.